The molecule has 2 heterocycles. The Labute approximate surface area is 171 Å². The predicted octanol–water partition coefficient (Wildman–Crippen LogP) is 2.90. The molecule has 0 radical (unpaired) electrons. The number of ether oxygens (including phenoxy) is 1. The number of hydrogen-bond acceptors (Lipinski definition) is 4. The van der Waals surface area contributed by atoms with Crippen molar-refractivity contribution in [3.05, 3.63) is 83.6 Å². The summed E-state index contributed by atoms with van der Waals surface area (Å²) in [6, 6.07) is 20.0. The summed E-state index contributed by atoms with van der Waals surface area (Å²) in [4.78, 5) is 17.3. The van der Waals surface area contributed by atoms with Gasteiger partial charge in [-0.25, -0.2) is 0 Å². The SMILES string of the molecule is CN1CCN(C(=O)c2cn(Cc3ccccc3)nc2OCc2ccccc2)CC1. The van der Waals surface area contributed by atoms with E-state index in [9.17, 15) is 4.79 Å². The Kier molecular flexibility index (Phi) is 5.91. The third-order valence-electron chi connectivity index (χ3n) is 5.15. The van der Waals surface area contributed by atoms with E-state index in [0.717, 1.165) is 37.3 Å². The maximum absolute atomic E-state index is 13.2. The van der Waals surface area contributed by atoms with Gasteiger partial charge in [0.25, 0.3) is 5.91 Å². The lowest BCUT2D eigenvalue weighted by molar-refractivity contribution is 0.0659. The summed E-state index contributed by atoms with van der Waals surface area (Å²) in [5, 5.41) is 4.59. The fourth-order valence-corrected chi connectivity index (χ4v) is 3.41. The molecule has 0 atom stereocenters. The number of nitrogens with zero attached hydrogens (tertiary/aromatic N) is 4. The van der Waals surface area contributed by atoms with Crippen molar-refractivity contribution in [3.8, 4) is 5.88 Å². The van der Waals surface area contributed by atoms with Gasteiger partial charge in [0.15, 0.2) is 0 Å². The fourth-order valence-electron chi connectivity index (χ4n) is 3.41. The summed E-state index contributed by atoms with van der Waals surface area (Å²) in [6.07, 6.45) is 1.81. The highest BCUT2D eigenvalue weighted by Gasteiger charge is 2.26. The lowest BCUT2D eigenvalue weighted by Gasteiger charge is -2.32. The van der Waals surface area contributed by atoms with E-state index in [4.69, 9.17) is 4.74 Å². The molecule has 1 aliphatic heterocycles. The number of hydrogen-bond donors (Lipinski definition) is 0. The van der Waals surface area contributed by atoms with Crippen molar-refractivity contribution in [1.29, 1.82) is 0 Å². The number of likely N-dealkylation sites (N-methyl/N-ethyl adjacent to an activating group) is 1. The Morgan fingerprint density at radius 3 is 2.21 bits per heavy atom. The van der Waals surface area contributed by atoms with Crippen LogP contribution < -0.4 is 4.74 Å². The first-order chi connectivity index (χ1) is 14.2. The third kappa shape index (κ3) is 4.84. The molecule has 2 aromatic carbocycles. The average Bonchev–Trinajstić information content (AvgIpc) is 3.16. The second-order valence-electron chi connectivity index (χ2n) is 7.40. The highest BCUT2D eigenvalue weighted by atomic mass is 16.5. The Morgan fingerprint density at radius 2 is 1.55 bits per heavy atom. The van der Waals surface area contributed by atoms with Crippen LogP contribution in [-0.2, 0) is 13.2 Å². The molecule has 1 aromatic heterocycles. The lowest BCUT2D eigenvalue weighted by atomic mass is 10.2. The highest BCUT2D eigenvalue weighted by molar-refractivity contribution is 5.96. The zero-order valence-corrected chi connectivity index (χ0v) is 16.7. The van der Waals surface area contributed by atoms with Crippen molar-refractivity contribution in [2.24, 2.45) is 0 Å². The first-order valence-electron chi connectivity index (χ1n) is 9.95. The van der Waals surface area contributed by atoms with Gasteiger partial charge in [-0.15, -0.1) is 5.10 Å². The van der Waals surface area contributed by atoms with Crippen LogP contribution in [0.1, 0.15) is 21.5 Å². The standard InChI is InChI=1S/C23H26N4O2/c1-25-12-14-26(15-13-25)23(28)21-17-27(16-19-8-4-2-5-9-19)24-22(21)29-18-20-10-6-3-7-11-20/h2-11,17H,12-16,18H2,1H3. The number of carbonyl (C=O) groups excluding carboxylic acids is 1. The largest absolute Gasteiger partial charge is 0.471 e. The van der Waals surface area contributed by atoms with Crippen LogP contribution in [0.3, 0.4) is 0 Å². The fraction of sp³-hybridized carbons (Fsp3) is 0.304. The first kappa shape index (κ1) is 19.2. The quantitative estimate of drug-likeness (QED) is 0.649. The van der Waals surface area contributed by atoms with Gasteiger partial charge < -0.3 is 14.5 Å². The van der Waals surface area contributed by atoms with Crippen molar-refractivity contribution >= 4 is 5.91 Å². The van der Waals surface area contributed by atoms with Gasteiger partial charge in [0.1, 0.15) is 12.2 Å². The van der Waals surface area contributed by atoms with Gasteiger partial charge in [-0.2, -0.15) is 0 Å². The minimum atomic E-state index is -0.0135. The molecule has 1 fully saturated rings. The Hall–Kier alpha value is -3.12. The number of benzene rings is 2. The van der Waals surface area contributed by atoms with Gasteiger partial charge in [0.05, 0.1) is 6.54 Å². The first-order valence-corrected chi connectivity index (χ1v) is 9.95. The van der Waals surface area contributed by atoms with Crippen LogP contribution in [-0.4, -0.2) is 58.7 Å². The van der Waals surface area contributed by atoms with Gasteiger partial charge >= 0.3 is 0 Å². The van der Waals surface area contributed by atoms with Crippen LogP contribution in [0, 0.1) is 0 Å². The van der Waals surface area contributed by atoms with E-state index in [1.807, 2.05) is 71.8 Å². The molecule has 0 N–H and O–H groups in total. The van der Waals surface area contributed by atoms with E-state index in [2.05, 4.69) is 17.0 Å². The molecule has 0 saturated carbocycles. The number of amides is 1. The molecule has 150 valence electrons. The van der Waals surface area contributed by atoms with E-state index in [1.165, 1.54) is 0 Å². The van der Waals surface area contributed by atoms with E-state index in [0.29, 0.717) is 24.6 Å². The van der Waals surface area contributed by atoms with Gasteiger partial charge in [-0.3, -0.25) is 9.48 Å². The lowest BCUT2D eigenvalue weighted by Crippen LogP contribution is -2.47. The van der Waals surface area contributed by atoms with Crippen LogP contribution in [0.5, 0.6) is 5.88 Å². The molecular formula is C23H26N4O2. The number of rotatable bonds is 6. The third-order valence-corrected chi connectivity index (χ3v) is 5.15. The maximum atomic E-state index is 13.2. The molecule has 4 rings (SSSR count). The van der Waals surface area contributed by atoms with Crippen LogP contribution in [0.4, 0.5) is 0 Å². The average molecular weight is 390 g/mol. The van der Waals surface area contributed by atoms with E-state index >= 15 is 0 Å². The van der Waals surface area contributed by atoms with Crippen molar-refractivity contribution in [2.45, 2.75) is 13.2 Å². The minimum absolute atomic E-state index is 0.0135. The number of aromatic nitrogens is 2. The van der Waals surface area contributed by atoms with Gasteiger partial charge in [-0.05, 0) is 18.2 Å². The monoisotopic (exact) mass is 390 g/mol. The summed E-state index contributed by atoms with van der Waals surface area (Å²) in [5.74, 6) is 0.384. The molecule has 6 nitrogen and oxygen atoms in total. The van der Waals surface area contributed by atoms with Crippen molar-refractivity contribution < 1.29 is 9.53 Å². The zero-order chi connectivity index (χ0) is 20.1. The summed E-state index contributed by atoms with van der Waals surface area (Å²) < 4.78 is 7.78. The molecule has 0 unspecified atom stereocenters. The molecule has 1 aliphatic rings. The molecule has 1 saturated heterocycles. The van der Waals surface area contributed by atoms with Crippen LogP contribution in [0.15, 0.2) is 66.9 Å². The second kappa shape index (κ2) is 8.92. The summed E-state index contributed by atoms with van der Waals surface area (Å²) in [7, 11) is 2.08. The van der Waals surface area contributed by atoms with Gasteiger partial charge in [0, 0.05) is 32.4 Å². The van der Waals surface area contributed by atoms with Gasteiger partial charge in [0.2, 0.25) is 5.88 Å². The molecule has 3 aromatic rings. The number of carbonyl (C=O) groups is 1. The zero-order valence-electron chi connectivity index (χ0n) is 16.7. The molecule has 0 bridgehead atoms. The maximum Gasteiger partial charge on any atom is 0.261 e. The van der Waals surface area contributed by atoms with Crippen LogP contribution >= 0.6 is 0 Å². The highest BCUT2D eigenvalue weighted by Crippen LogP contribution is 2.21. The topological polar surface area (TPSA) is 50.6 Å². The molecular weight excluding hydrogens is 364 g/mol. The Balaban J connectivity index is 1.55. The summed E-state index contributed by atoms with van der Waals surface area (Å²) in [6.45, 7) is 4.17. The second-order valence-corrected chi connectivity index (χ2v) is 7.40. The molecule has 6 heteroatoms. The Morgan fingerprint density at radius 1 is 0.931 bits per heavy atom. The molecule has 1 amide bonds. The predicted molar refractivity (Wildman–Crippen MR) is 112 cm³/mol. The van der Waals surface area contributed by atoms with E-state index in [1.54, 1.807) is 4.68 Å². The van der Waals surface area contributed by atoms with E-state index < -0.39 is 0 Å². The smallest absolute Gasteiger partial charge is 0.261 e. The summed E-state index contributed by atoms with van der Waals surface area (Å²) in [5.41, 5.74) is 2.70. The molecule has 29 heavy (non-hydrogen) atoms. The van der Waals surface area contributed by atoms with Crippen molar-refractivity contribution in [3.63, 3.8) is 0 Å². The van der Waals surface area contributed by atoms with Crippen molar-refractivity contribution in [1.82, 2.24) is 19.6 Å². The number of piperazine rings is 1. The van der Waals surface area contributed by atoms with Crippen LogP contribution in [0.2, 0.25) is 0 Å². The van der Waals surface area contributed by atoms with Crippen LogP contribution in [0.25, 0.3) is 0 Å². The Bertz CT molecular complexity index is 932. The van der Waals surface area contributed by atoms with Gasteiger partial charge in [-0.1, -0.05) is 60.7 Å². The molecule has 0 aliphatic carbocycles. The minimum Gasteiger partial charge on any atom is -0.471 e. The molecule has 0 spiro atoms. The van der Waals surface area contributed by atoms with Crippen molar-refractivity contribution in [2.75, 3.05) is 33.2 Å². The van der Waals surface area contributed by atoms with E-state index in [-0.39, 0.29) is 5.91 Å². The normalized spacial score (nSPS) is 14.7. The summed E-state index contributed by atoms with van der Waals surface area (Å²) >= 11 is 0.